The van der Waals surface area contributed by atoms with Gasteiger partial charge in [0.1, 0.15) is 5.76 Å². The Hall–Kier alpha value is -3.39. The van der Waals surface area contributed by atoms with Crippen LogP contribution in [0.25, 0.3) is 21.0 Å². The van der Waals surface area contributed by atoms with Gasteiger partial charge in [-0.15, -0.1) is 11.3 Å². The first-order chi connectivity index (χ1) is 13.6. The number of thiazole rings is 1. The number of nitrogens with one attached hydrogen (secondary N) is 1. The van der Waals surface area contributed by atoms with E-state index < -0.39 is 18.5 Å². The summed E-state index contributed by atoms with van der Waals surface area (Å²) in [6.07, 6.45) is 1.53. The maximum Gasteiger partial charge on any atom is 0.374 e. The SMILES string of the molecule is C[C@@H](NC(=O)COC(=O)c1ccc(-c2nc3ccccc3s2)o1)c1ccco1. The van der Waals surface area contributed by atoms with Gasteiger partial charge >= 0.3 is 5.97 Å². The van der Waals surface area contributed by atoms with E-state index in [4.69, 9.17) is 13.6 Å². The Balaban J connectivity index is 1.36. The predicted octanol–water partition coefficient (Wildman–Crippen LogP) is 4.18. The zero-order chi connectivity index (χ0) is 19.5. The van der Waals surface area contributed by atoms with Crippen LogP contribution >= 0.6 is 11.3 Å². The largest absolute Gasteiger partial charge is 0.467 e. The molecule has 3 heterocycles. The molecule has 1 N–H and O–H groups in total. The maximum absolute atomic E-state index is 12.1. The van der Waals surface area contributed by atoms with Gasteiger partial charge in [-0.05, 0) is 43.3 Å². The van der Waals surface area contributed by atoms with E-state index in [1.807, 2.05) is 24.3 Å². The van der Waals surface area contributed by atoms with Gasteiger partial charge in [0, 0.05) is 0 Å². The van der Waals surface area contributed by atoms with Gasteiger partial charge < -0.3 is 18.9 Å². The summed E-state index contributed by atoms with van der Waals surface area (Å²) in [4.78, 5) is 28.6. The fraction of sp³-hybridized carbons (Fsp3) is 0.150. The van der Waals surface area contributed by atoms with E-state index in [9.17, 15) is 9.59 Å². The summed E-state index contributed by atoms with van der Waals surface area (Å²) in [5.74, 6) is -0.0419. The lowest BCUT2D eigenvalue weighted by molar-refractivity contribution is -0.125. The van der Waals surface area contributed by atoms with Gasteiger partial charge in [-0.3, -0.25) is 4.79 Å². The van der Waals surface area contributed by atoms with Crippen LogP contribution in [0.4, 0.5) is 0 Å². The van der Waals surface area contributed by atoms with Crippen molar-refractivity contribution in [3.05, 3.63) is 66.3 Å². The number of esters is 1. The van der Waals surface area contributed by atoms with Crippen molar-refractivity contribution >= 4 is 33.4 Å². The molecule has 4 rings (SSSR count). The highest BCUT2D eigenvalue weighted by atomic mass is 32.1. The first-order valence-electron chi connectivity index (χ1n) is 8.56. The molecule has 0 radical (unpaired) electrons. The van der Waals surface area contributed by atoms with Crippen molar-refractivity contribution in [2.45, 2.75) is 13.0 Å². The third-order valence-electron chi connectivity index (χ3n) is 3.99. The molecule has 0 bridgehead atoms. The van der Waals surface area contributed by atoms with Crippen LogP contribution in [0.3, 0.4) is 0 Å². The molecule has 0 unspecified atom stereocenters. The van der Waals surface area contributed by atoms with Gasteiger partial charge in [-0.2, -0.15) is 0 Å². The first-order valence-corrected chi connectivity index (χ1v) is 9.37. The van der Waals surface area contributed by atoms with Crippen molar-refractivity contribution in [1.29, 1.82) is 0 Å². The van der Waals surface area contributed by atoms with Gasteiger partial charge in [0.15, 0.2) is 17.4 Å². The number of furan rings is 2. The molecule has 1 atom stereocenters. The number of nitrogens with zero attached hydrogens (tertiary/aromatic N) is 1. The normalized spacial score (nSPS) is 12.0. The van der Waals surface area contributed by atoms with Crippen LogP contribution in [0.1, 0.15) is 29.3 Å². The van der Waals surface area contributed by atoms with Crippen molar-refractivity contribution in [3.8, 4) is 10.8 Å². The summed E-state index contributed by atoms with van der Waals surface area (Å²) < 4.78 is 16.8. The Morgan fingerprint density at radius 1 is 1.18 bits per heavy atom. The number of amides is 1. The summed E-state index contributed by atoms with van der Waals surface area (Å²) >= 11 is 1.47. The summed E-state index contributed by atoms with van der Waals surface area (Å²) in [5.41, 5.74) is 0.866. The molecule has 3 aromatic heterocycles. The number of fused-ring (bicyclic) bond motifs is 1. The molecule has 1 amide bonds. The number of rotatable bonds is 6. The van der Waals surface area contributed by atoms with E-state index >= 15 is 0 Å². The van der Waals surface area contributed by atoms with Crippen LogP contribution in [0.15, 0.2) is 63.6 Å². The van der Waals surface area contributed by atoms with E-state index in [-0.39, 0.29) is 11.8 Å². The molecule has 28 heavy (non-hydrogen) atoms. The van der Waals surface area contributed by atoms with Gasteiger partial charge in [-0.25, -0.2) is 9.78 Å². The van der Waals surface area contributed by atoms with Gasteiger partial charge in [0.05, 0.1) is 22.5 Å². The Kier molecular flexibility index (Phi) is 4.94. The molecule has 1 aromatic carbocycles. The third-order valence-corrected chi connectivity index (χ3v) is 5.04. The quantitative estimate of drug-likeness (QED) is 0.491. The minimum Gasteiger partial charge on any atom is -0.467 e. The number of para-hydroxylation sites is 1. The number of carbonyl (C=O) groups is 2. The molecule has 0 saturated carbocycles. The molecule has 0 aliphatic rings. The minimum absolute atomic E-state index is 0.0149. The Bertz CT molecular complexity index is 1080. The summed E-state index contributed by atoms with van der Waals surface area (Å²) in [5, 5.41) is 3.36. The Morgan fingerprint density at radius 2 is 2.04 bits per heavy atom. The van der Waals surface area contributed by atoms with Crippen molar-refractivity contribution in [2.24, 2.45) is 0 Å². The fourth-order valence-electron chi connectivity index (χ4n) is 2.63. The maximum atomic E-state index is 12.1. The second kappa shape index (κ2) is 7.69. The highest BCUT2D eigenvalue weighted by Gasteiger charge is 2.18. The Labute approximate surface area is 163 Å². The molecule has 8 heteroatoms. The van der Waals surface area contributed by atoms with Crippen LogP contribution < -0.4 is 5.32 Å². The molecule has 0 aliphatic heterocycles. The predicted molar refractivity (Wildman–Crippen MR) is 103 cm³/mol. The second-order valence-corrected chi connectivity index (χ2v) is 7.06. The first kappa shape index (κ1) is 18.0. The van der Waals surface area contributed by atoms with Crippen LogP contribution in [0, 0.1) is 0 Å². The highest BCUT2D eigenvalue weighted by molar-refractivity contribution is 7.21. The summed E-state index contributed by atoms with van der Waals surface area (Å²) in [7, 11) is 0. The number of hydrogen-bond donors (Lipinski definition) is 1. The van der Waals surface area contributed by atoms with E-state index in [1.165, 1.54) is 23.7 Å². The zero-order valence-corrected chi connectivity index (χ0v) is 15.7. The van der Waals surface area contributed by atoms with E-state index in [2.05, 4.69) is 10.3 Å². The monoisotopic (exact) mass is 396 g/mol. The summed E-state index contributed by atoms with van der Waals surface area (Å²) in [6.45, 7) is 1.36. The van der Waals surface area contributed by atoms with Gasteiger partial charge in [-0.1, -0.05) is 12.1 Å². The number of aromatic nitrogens is 1. The molecule has 0 fully saturated rings. The average molecular weight is 396 g/mol. The third kappa shape index (κ3) is 3.81. The van der Waals surface area contributed by atoms with Crippen molar-refractivity contribution in [2.75, 3.05) is 6.61 Å². The van der Waals surface area contributed by atoms with Crippen LogP contribution in [-0.2, 0) is 9.53 Å². The number of benzene rings is 1. The number of hydrogen-bond acceptors (Lipinski definition) is 7. The van der Waals surface area contributed by atoms with Crippen molar-refractivity contribution < 1.29 is 23.2 Å². The smallest absolute Gasteiger partial charge is 0.374 e. The standard InChI is InChI=1S/C20H16N2O5S/c1-12(14-6-4-10-25-14)21-18(23)11-26-20(24)16-9-8-15(27-16)19-22-13-5-2-3-7-17(13)28-19/h2-10,12H,11H2,1H3,(H,21,23)/t12-/m1/s1. The van der Waals surface area contributed by atoms with Gasteiger partial charge in [0.25, 0.3) is 5.91 Å². The molecular formula is C20H16N2O5S. The molecule has 0 saturated heterocycles. The highest BCUT2D eigenvalue weighted by Crippen LogP contribution is 2.31. The van der Waals surface area contributed by atoms with Crippen molar-refractivity contribution in [3.63, 3.8) is 0 Å². The van der Waals surface area contributed by atoms with E-state index in [0.717, 1.165) is 10.2 Å². The lowest BCUT2D eigenvalue weighted by atomic mass is 10.2. The molecule has 7 nitrogen and oxygen atoms in total. The number of carbonyl (C=O) groups excluding carboxylic acids is 2. The van der Waals surface area contributed by atoms with Crippen LogP contribution in [0.5, 0.6) is 0 Å². The lowest BCUT2D eigenvalue weighted by Gasteiger charge is -2.11. The van der Waals surface area contributed by atoms with E-state index in [1.54, 1.807) is 25.1 Å². The molecule has 142 valence electrons. The molecule has 4 aromatic rings. The minimum atomic E-state index is -0.715. The second-order valence-electron chi connectivity index (χ2n) is 6.03. The molecule has 0 aliphatic carbocycles. The van der Waals surface area contributed by atoms with E-state index in [0.29, 0.717) is 16.5 Å². The lowest BCUT2D eigenvalue weighted by Crippen LogP contribution is -2.30. The van der Waals surface area contributed by atoms with Crippen molar-refractivity contribution in [1.82, 2.24) is 10.3 Å². The van der Waals surface area contributed by atoms with Crippen LogP contribution in [0.2, 0.25) is 0 Å². The molecular weight excluding hydrogens is 380 g/mol. The van der Waals surface area contributed by atoms with Gasteiger partial charge in [0.2, 0.25) is 5.76 Å². The summed E-state index contributed by atoms with van der Waals surface area (Å²) in [6, 6.07) is 14.1. The average Bonchev–Trinajstić information content (AvgIpc) is 3.45. The number of ether oxygens (including phenoxy) is 1. The zero-order valence-electron chi connectivity index (χ0n) is 14.9. The topological polar surface area (TPSA) is 94.6 Å². The van der Waals surface area contributed by atoms with Crippen LogP contribution in [-0.4, -0.2) is 23.5 Å². The fourth-order valence-corrected chi connectivity index (χ4v) is 3.56. The molecule has 0 spiro atoms. The Morgan fingerprint density at radius 3 is 2.82 bits per heavy atom.